The summed E-state index contributed by atoms with van der Waals surface area (Å²) in [6.07, 6.45) is 0. The molecule has 0 amide bonds. The van der Waals surface area contributed by atoms with E-state index in [0.717, 1.165) is 0 Å². The zero-order valence-corrected chi connectivity index (χ0v) is 20.2. The van der Waals surface area contributed by atoms with Gasteiger partial charge < -0.3 is 0 Å². The number of hydrogen-bond donors (Lipinski definition) is 0. The van der Waals surface area contributed by atoms with Crippen molar-refractivity contribution in [2.75, 3.05) is 0 Å². The number of aryl methyl sites for hydroxylation is 4. The van der Waals surface area contributed by atoms with Gasteiger partial charge in [0.25, 0.3) is 0 Å². The zero-order chi connectivity index (χ0) is 20.4. The van der Waals surface area contributed by atoms with Crippen molar-refractivity contribution < 1.29 is 0 Å². The molecule has 4 aromatic rings. The molecule has 0 aromatic heterocycles. The maximum absolute atomic E-state index is 3.29. The third-order valence-electron chi connectivity index (χ3n) is 5.69. The van der Waals surface area contributed by atoms with Crippen LogP contribution in [-0.2, 0) is 0 Å². The van der Waals surface area contributed by atoms with Crippen LogP contribution < -0.4 is 14.0 Å². The second-order valence-corrected chi connectivity index (χ2v) is 17.7. The summed E-state index contributed by atoms with van der Waals surface area (Å²) in [6, 6.07) is 37.2. The molecule has 145 valence electrons. The Balaban J connectivity index is 2.11. The van der Waals surface area contributed by atoms with Gasteiger partial charge in [-0.05, 0) is 0 Å². The first-order valence-corrected chi connectivity index (χ1v) is 15.3. The normalized spacial score (nSPS) is 11.4. The Bertz CT molecular complexity index is 900. The monoisotopic (exact) mass is 485 g/mol. The summed E-state index contributed by atoms with van der Waals surface area (Å²) in [6.45, 7) is 8.68. The summed E-state index contributed by atoms with van der Waals surface area (Å²) in [5, 5.41) is 0. The molecular formula is C28H28Sb. The first kappa shape index (κ1) is 20.0. The predicted octanol–water partition coefficient (Wildman–Crippen LogP) is 4.30. The fourth-order valence-corrected chi connectivity index (χ4v) is 15.9. The molecule has 0 bridgehead atoms. The Labute approximate surface area is 179 Å². The Kier molecular flexibility index (Phi) is 5.66. The van der Waals surface area contributed by atoms with Crippen molar-refractivity contribution in [3.63, 3.8) is 0 Å². The van der Waals surface area contributed by atoms with Gasteiger partial charge in [0, 0.05) is 0 Å². The standard InChI is InChI=1S/4C7H7.Sb/c4*1-7-5-3-2-4-6-7;/h4*3-6H,1H3;. The van der Waals surface area contributed by atoms with Gasteiger partial charge in [-0.25, -0.2) is 0 Å². The first-order valence-electron chi connectivity index (χ1n) is 10.2. The summed E-state index contributed by atoms with van der Waals surface area (Å²) in [5.41, 5.74) is 5.24. The summed E-state index contributed by atoms with van der Waals surface area (Å²) >= 11 is -3.29. The van der Waals surface area contributed by atoms with Crippen LogP contribution in [0, 0.1) is 27.7 Å². The predicted molar refractivity (Wildman–Crippen MR) is 129 cm³/mol. The van der Waals surface area contributed by atoms with Crippen LogP contribution in [0.1, 0.15) is 22.3 Å². The fraction of sp³-hybridized carbons (Fsp3) is 0.143. The van der Waals surface area contributed by atoms with Crippen LogP contribution in [0.5, 0.6) is 0 Å². The molecule has 0 nitrogen and oxygen atoms in total. The molecule has 0 aliphatic carbocycles. The molecule has 0 aliphatic heterocycles. The maximum atomic E-state index is 2.38. The average Bonchev–Trinajstić information content (AvgIpc) is 2.73. The van der Waals surface area contributed by atoms with Gasteiger partial charge >= 0.3 is 180 Å². The second kappa shape index (κ2) is 8.21. The van der Waals surface area contributed by atoms with E-state index in [1.807, 2.05) is 0 Å². The third kappa shape index (κ3) is 3.79. The van der Waals surface area contributed by atoms with Gasteiger partial charge in [-0.3, -0.25) is 0 Å². The molecule has 4 aromatic carbocycles. The summed E-state index contributed by atoms with van der Waals surface area (Å²) in [7, 11) is 0. The van der Waals surface area contributed by atoms with E-state index >= 15 is 0 Å². The minimum absolute atomic E-state index is 1.31. The molecule has 0 atom stereocenters. The molecule has 0 unspecified atom stereocenters. The second-order valence-electron chi connectivity index (χ2n) is 8.01. The van der Waals surface area contributed by atoms with Crippen LogP contribution >= 0.6 is 0 Å². The van der Waals surface area contributed by atoms with Crippen molar-refractivity contribution in [3.05, 3.63) is 119 Å². The molecule has 1 radical (unpaired) electrons. The van der Waals surface area contributed by atoms with Gasteiger partial charge in [-0.2, -0.15) is 0 Å². The number of hydrogen-bond acceptors (Lipinski definition) is 0. The Hall–Kier alpha value is -2.30. The molecule has 4 rings (SSSR count). The molecule has 1 heteroatoms. The van der Waals surface area contributed by atoms with Crippen molar-refractivity contribution in [2.24, 2.45) is 0 Å². The Morgan fingerprint density at radius 2 is 0.483 bits per heavy atom. The molecule has 0 aliphatic rings. The van der Waals surface area contributed by atoms with E-state index in [0.29, 0.717) is 0 Å². The van der Waals surface area contributed by atoms with Crippen LogP contribution in [0.2, 0.25) is 0 Å². The average molecular weight is 486 g/mol. The SMILES string of the molecule is Cc1cc[c]([Sb]([c]2ccc(C)cc2)([c]2ccc(C)cc2)[c]2ccc(C)cc2)cc1. The van der Waals surface area contributed by atoms with E-state index in [4.69, 9.17) is 0 Å². The summed E-state index contributed by atoms with van der Waals surface area (Å²) < 4.78 is 5.97. The zero-order valence-electron chi connectivity index (χ0n) is 17.7. The van der Waals surface area contributed by atoms with E-state index in [1.54, 1.807) is 0 Å². The van der Waals surface area contributed by atoms with Gasteiger partial charge in [-0.15, -0.1) is 0 Å². The minimum atomic E-state index is -3.29. The van der Waals surface area contributed by atoms with Crippen LogP contribution in [0.4, 0.5) is 0 Å². The van der Waals surface area contributed by atoms with Crippen LogP contribution in [-0.4, -0.2) is 18.8 Å². The number of benzene rings is 4. The number of rotatable bonds is 4. The van der Waals surface area contributed by atoms with E-state index in [2.05, 4.69) is 125 Å². The first-order chi connectivity index (χ1) is 14.0. The molecule has 0 N–H and O–H groups in total. The van der Waals surface area contributed by atoms with Gasteiger partial charge in [0.05, 0.1) is 0 Å². The summed E-state index contributed by atoms with van der Waals surface area (Å²) in [5.74, 6) is 0. The van der Waals surface area contributed by atoms with Gasteiger partial charge in [0.2, 0.25) is 0 Å². The van der Waals surface area contributed by atoms with Crippen molar-refractivity contribution in [1.82, 2.24) is 0 Å². The van der Waals surface area contributed by atoms with Gasteiger partial charge in [0.1, 0.15) is 0 Å². The third-order valence-corrected chi connectivity index (χ3v) is 17.9. The molecule has 0 saturated carbocycles. The van der Waals surface area contributed by atoms with Gasteiger partial charge in [0.15, 0.2) is 0 Å². The van der Waals surface area contributed by atoms with E-state index in [-0.39, 0.29) is 0 Å². The van der Waals surface area contributed by atoms with Crippen molar-refractivity contribution in [1.29, 1.82) is 0 Å². The molecule has 29 heavy (non-hydrogen) atoms. The molecule has 0 heterocycles. The topological polar surface area (TPSA) is 0 Å². The van der Waals surface area contributed by atoms with Crippen molar-refractivity contribution >= 4 is 32.8 Å². The van der Waals surface area contributed by atoms with E-state index in [9.17, 15) is 0 Å². The molecule has 0 saturated heterocycles. The Morgan fingerprint density at radius 3 is 0.655 bits per heavy atom. The quantitative estimate of drug-likeness (QED) is 0.378. The molecular weight excluding hydrogens is 458 g/mol. The molecule has 0 spiro atoms. The van der Waals surface area contributed by atoms with Crippen LogP contribution in [0.25, 0.3) is 0 Å². The molecule has 0 fully saturated rings. The van der Waals surface area contributed by atoms with E-state index < -0.39 is 18.8 Å². The van der Waals surface area contributed by atoms with Gasteiger partial charge in [-0.1, -0.05) is 0 Å². The van der Waals surface area contributed by atoms with E-state index in [1.165, 1.54) is 36.3 Å². The van der Waals surface area contributed by atoms with Crippen molar-refractivity contribution in [2.45, 2.75) is 27.7 Å². The summed E-state index contributed by atoms with van der Waals surface area (Å²) in [4.78, 5) is 0. The van der Waals surface area contributed by atoms with Crippen molar-refractivity contribution in [3.8, 4) is 0 Å². The fourth-order valence-electron chi connectivity index (χ4n) is 3.97. The van der Waals surface area contributed by atoms with Crippen LogP contribution in [0.15, 0.2) is 97.1 Å². The Morgan fingerprint density at radius 1 is 0.310 bits per heavy atom. The van der Waals surface area contributed by atoms with Crippen LogP contribution in [0.3, 0.4) is 0 Å².